The molecule has 0 amide bonds. The van der Waals surface area contributed by atoms with E-state index in [4.69, 9.17) is 20.6 Å². The Labute approximate surface area is 83.1 Å². The van der Waals surface area contributed by atoms with E-state index in [9.17, 15) is 0 Å². The normalized spacial score (nSPS) is 9.79. The van der Waals surface area contributed by atoms with Crippen molar-refractivity contribution < 1.29 is 9.47 Å². The average molecular weight is 194 g/mol. The van der Waals surface area contributed by atoms with Crippen LogP contribution in [0.15, 0.2) is 24.3 Å². The number of methoxy groups -OCH3 is 1. The highest BCUT2D eigenvalue weighted by Gasteiger charge is 1.98. The number of rotatable bonds is 5. The number of benzene rings is 1. The van der Waals surface area contributed by atoms with Gasteiger partial charge in [-0.05, 0) is 12.1 Å². The number of nitrogens with one attached hydrogen (secondary N) is 1. The molecule has 14 heavy (non-hydrogen) atoms. The molecule has 0 fully saturated rings. The van der Waals surface area contributed by atoms with Gasteiger partial charge >= 0.3 is 0 Å². The van der Waals surface area contributed by atoms with Gasteiger partial charge in [-0.25, -0.2) is 0 Å². The first kappa shape index (κ1) is 10.5. The van der Waals surface area contributed by atoms with Crippen LogP contribution in [0.1, 0.15) is 5.56 Å². The van der Waals surface area contributed by atoms with Crippen LogP contribution in [0.4, 0.5) is 0 Å². The highest BCUT2D eigenvalue weighted by Crippen LogP contribution is 2.12. The minimum Gasteiger partial charge on any atom is -0.491 e. The second-order valence-corrected chi connectivity index (χ2v) is 2.78. The molecule has 3 N–H and O–H groups in total. The first-order chi connectivity index (χ1) is 6.74. The fourth-order valence-corrected chi connectivity index (χ4v) is 0.996. The Morgan fingerprint density at radius 3 is 2.86 bits per heavy atom. The molecule has 0 heterocycles. The van der Waals surface area contributed by atoms with Gasteiger partial charge in [0.25, 0.3) is 0 Å². The van der Waals surface area contributed by atoms with E-state index in [1.165, 1.54) is 0 Å². The Morgan fingerprint density at radius 2 is 2.21 bits per heavy atom. The van der Waals surface area contributed by atoms with Crippen LogP contribution in [-0.4, -0.2) is 26.2 Å². The fraction of sp³-hybridized carbons (Fsp3) is 0.300. The van der Waals surface area contributed by atoms with E-state index in [2.05, 4.69) is 0 Å². The smallest absolute Gasteiger partial charge is 0.122 e. The van der Waals surface area contributed by atoms with Crippen molar-refractivity contribution in [2.75, 3.05) is 20.3 Å². The van der Waals surface area contributed by atoms with Crippen LogP contribution in [0, 0.1) is 5.41 Å². The summed E-state index contributed by atoms with van der Waals surface area (Å²) in [5.41, 5.74) is 6.01. The molecular formula is C10H14N2O2. The van der Waals surface area contributed by atoms with Crippen molar-refractivity contribution in [3.63, 3.8) is 0 Å². The molecule has 0 spiro atoms. The highest BCUT2D eigenvalue weighted by atomic mass is 16.5. The number of hydrogen-bond donors (Lipinski definition) is 2. The Kier molecular flexibility index (Phi) is 3.94. The minimum atomic E-state index is 0.0437. The quantitative estimate of drug-likeness (QED) is 0.417. The van der Waals surface area contributed by atoms with Crippen LogP contribution in [0.3, 0.4) is 0 Å². The number of nitrogen functional groups attached to an aromatic ring is 1. The maximum atomic E-state index is 7.24. The van der Waals surface area contributed by atoms with Crippen molar-refractivity contribution in [3.8, 4) is 5.75 Å². The van der Waals surface area contributed by atoms with Gasteiger partial charge in [-0.3, -0.25) is 5.41 Å². The molecule has 0 aliphatic carbocycles. The maximum Gasteiger partial charge on any atom is 0.122 e. The molecule has 0 aliphatic heterocycles. The van der Waals surface area contributed by atoms with Gasteiger partial charge in [0.2, 0.25) is 0 Å². The van der Waals surface area contributed by atoms with Crippen molar-refractivity contribution in [1.29, 1.82) is 5.41 Å². The third-order valence-electron chi connectivity index (χ3n) is 1.70. The third-order valence-corrected chi connectivity index (χ3v) is 1.70. The van der Waals surface area contributed by atoms with E-state index in [0.29, 0.717) is 24.5 Å². The number of ether oxygens (including phenoxy) is 2. The van der Waals surface area contributed by atoms with Crippen molar-refractivity contribution in [1.82, 2.24) is 0 Å². The topological polar surface area (TPSA) is 68.3 Å². The van der Waals surface area contributed by atoms with Crippen LogP contribution in [0.25, 0.3) is 0 Å². The molecule has 0 aliphatic rings. The molecule has 4 heteroatoms. The van der Waals surface area contributed by atoms with Gasteiger partial charge in [0, 0.05) is 12.7 Å². The first-order valence-corrected chi connectivity index (χ1v) is 4.30. The summed E-state index contributed by atoms with van der Waals surface area (Å²) in [4.78, 5) is 0. The van der Waals surface area contributed by atoms with Crippen LogP contribution in [-0.2, 0) is 4.74 Å². The average Bonchev–Trinajstić information content (AvgIpc) is 2.19. The van der Waals surface area contributed by atoms with Crippen LogP contribution >= 0.6 is 0 Å². The zero-order chi connectivity index (χ0) is 10.4. The summed E-state index contributed by atoms with van der Waals surface area (Å²) in [6.07, 6.45) is 0. The Bertz CT molecular complexity index is 313. The summed E-state index contributed by atoms with van der Waals surface area (Å²) < 4.78 is 10.2. The molecular weight excluding hydrogens is 180 g/mol. The molecule has 76 valence electrons. The van der Waals surface area contributed by atoms with Gasteiger partial charge in [-0.2, -0.15) is 0 Å². The lowest BCUT2D eigenvalue weighted by Gasteiger charge is -2.06. The van der Waals surface area contributed by atoms with Crippen molar-refractivity contribution in [3.05, 3.63) is 29.8 Å². The SMILES string of the molecule is COCCOc1cccc(C(=N)N)c1. The van der Waals surface area contributed by atoms with E-state index in [0.717, 1.165) is 0 Å². The second kappa shape index (κ2) is 5.24. The van der Waals surface area contributed by atoms with Gasteiger partial charge < -0.3 is 15.2 Å². The molecule has 0 saturated carbocycles. The summed E-state index contributed by atoms with van der Waals surface area (Å²) in [5.74, 6) is 0.747. The number of nitrogens with two attached hydrogens (primary N) is 1. The monoisotopic (exact) mass is 194 g/mol. The highest BCUT2D eigenvalue weighted by molar-refractivity contribution is 5.95. The van der Waals surface area contributed by atoms with Crippen LogP contribution in [0.2, 0.25) is 0 Å². The first-order valence-electron chi connectivity index (χ1n) is 4.30. The van der Waals surface area contributed by atoms with Crippen molar-refractivity contribution >= 4 is 5.84 Å². The Morgan fingerprint density at radius 1 is 1.43 bits per heavy atom. The summed E-state index contributed by atoms with van der Waals surface area (Å²) in [6, 6.07) is 7.13. The molecule has 1 rings (SSSR count). The molecule has 0 saturated heterocycles. The number of amidine groups is 1. The van der Waals surface area contributed by atoms with E-state index in [1.54, 1.807) is 25.3 Å². The molecule has 4 nitrogen and oxygen atoms in total. The van der Waals surface area contributed by atoms with Gasteiger partial charge in [-0.1, -0.05) is 12.1 Å². The maximum absolute atomic E-state index is 7.24. The van der Waals surface area contributed by atoms with Gasteiger partial charge in [0.1, 0.15) is 18.2 Å². The number of hydrogen-bond acceptors (Lipinski definition) is 3. The van der Waals surface area contributed by atoms with E-state index in [1.807, 2.05) is 6.07 Å². The standard InChI is InChI=1S/C10H14N2O2/c1-13-5-6-14-9-4-2-3-8(7-9)10(11)12/h2-4,7H,5-6H2,1H3,(H3,11,12). The lowest BCUT2D eigenvalue weighted by atomic mass is 10.2. The third kappa shape index (κ3) is 3.06. The molecule has 0 radical (unpaired) electrons. The second-order valence-electron chi connectivity index (χ2n) is 2.78. The fourth-order valence-electron chi connectivity index (χ4n) is 0.996. The van der Waals surface area contributed by atoms with Crippen LogP contribution < -0.4 is 10.5 Å². The lowest BCUT2D eigenvalue weighted by molar-refractivity contribution is 0.146. The van der Waals surface area contributed by atoms with E-state index >= 15 is 0 Å². The van der Waals surface area contributed by atoms with E-state index < -0.39 is 0 Å². The molecule has 0 bridgehead atoms. The minimum absolute atomic E-state index is 0.0437. The van der Waals surface area contributed by atoms with Gasteiger partial charge in [0.15, 0.2) is 0 Å². The van der Waals surface area contributed by atoms with Crippen LogP contribution in [0.5, 0.6) is 5.75 Å². The van der Waals surface area contributed by atoms with Gasteiger partial charge in [0.05, 0.1) is 6.61 Å². The Hall–Kier alpha value is -1.55. The molecule has 0 atom stereocenters. The summed E-state index contributed by atoms with van der Waals surface area (Å²) in [5, 5.41) is 7.24. The predicted octanol–water partition coefficient (Wildman–Crippen LogP) is 0.996. The zero-order valence-electron chi connectivity index (χ0n) is 8.12. The molecule has 1 aromatic rings. The van der Waals surface area contributed by atoms with E-state index in [-0.39, 0.29) is 5.84 Å². The summed E-state index contributed by atoms with van der Waals surface area (Å²) in [6.45, 7) is 1.04. The lowest BCUT2D eigenvalue weighted by Crippen LogP contribution is -2.11. The van der Waals surface area contributed by atoms with Crippen molar-refractivity contribution in [2.45, 2.75) is 0 Å². The van der Waals surface area contributed by atoms with Crippen molar-refractivity contribution in [2.24, 2.45) is 5.73 Å². The van der Waals surface area contributed by atoms with Gasteiger partial charge in [-0.15, -0.1) is 0 Å². The molecule has 0 aromatic heterocycles. The molecule has 0 unspecified atom stereocenters. The summed E-state index contributed by atoms with van der Waals surface area (Å²) >= 11 is 0. The summed E-state index contributed by atoms with van der Waals surface area (Å²) in [7, 11) is 1.62. The zero-order valence-corrected chi connectivity index (χ0v) is 8.12. The predicted molar refractivity (Wildman–Crippen MR) is 54.8 cm³/mol. The largest absolute Gasteiger partial charge is 0.491 e. The Balaban J connectivity index is 2.59. The molecule has 1 aromatic carbocycles.